The highest BCUT2D eigenvalue weighted by Gasteiger charge is 2.16. The van der Waals surface area contributed by atoms with Gasteiger partial charge in [0.25, 0.3) is 5.91 Å². The summed E-state index contributed by atoms with van der Waals surface area (Å²) in [7, 11) is 1.61. The molecule has 7 nitrogen and oxygen atoms in total. The van der Waals surface area contributed by atoms with Crippen LogP contribution in [-0.2, 0) is 0 Å². The minimum atomic E-state index is -0.353. The quantitative estimate of drug-likeness (QED) is 0.480. The van der Waals surface area contributed by atoms with Crippen molar-refractivity contribution in [2.75, 3.05) is 12.4 Å². The summed E-state index contributed by atoms with van der Waals surface area (Å²) in [5, 5.41) is 20.5. The fourth-order valence-electron chi connectivity index (χ4n) is 2.98. The van der Waals surface area contributed by atoms with Crippen LogP contribution in [0.3, 0.4) is 0 Å². The summed E-state index contributed by atoms with van der Waals surface area (Å²) in [6.45, 7) is 3.77. The number of phenolic OH excluding ortho intramolecular Hbond substituents is 1. The van der Waals surface area contributed by atoms with Gasteiger partial charge in [-0.25, -0.2) is 4.98 Å². The van der Waals surface area contributed by atoms with Crippen LogP contribution in [0.1, 0.15) is 21.6 Å². The van der Waals surface area contributed by atoms with E-state index in [1.807, 2.05) is 44.2 Å². The van der Waals surface area contributed by atoms with E-state index in [0.717, 1.165) is 27.1 Å². The maximum Gasteiger partial charge on any atom is 0.275 e. The molecule has 0 radical (unpaired) electrons. The Bertz CT molecular complexity index is 1200. The zero-order chi connectivity index (χ0) is 19.8. The number of nitrogens with zero attached hydrogens (tertiary/aromatic N) is 2. The number of amides is 1. The van der Waals surface area contributed by atoms with Crippen LogP contribution in [-0.4, -0.2) is 33.3 Å². The number of anilines is 1. The van der Waals surface area contributed by atoms with Crippen molar-refractivity contribution in [2.24, 2.45) is 0 Å². The fraction of sp³-hybridized carbons (Fsp3) is 0.150. The number of rotatable bonds is 4. The Morgan fingerprint density at radius 2 is 2.04 bits per heavy atom. The second kappa shape index (κ2) is 6.97. The number of aromatic nitrogens is 3. The van der Waals surface area contributed by atoms with Crippen molar-refractivity contribution in [3.8, 4) is 22.8 Å². The van der Waals surface area contributed by atoms with Crippen LogP contribution in [0.15, 0.2) is 36.4 Å². The third kappa shape index (κ3) is 3.29. The van der Waals surface area contributed by atoms with Crippen LogP contribution in [0.25, 0.3) is 21.5 Å². The molecular formula is C20H18N4O3S. The van der Waals surface area contributed by atoms with E-state index in [0.29, 0.717) is 16.4 Å². The summed E-state index contributed by atoms with van der Waals surface area (Å²) in [5.41, 5.74) is 3.92. The number of hydrogen-bond acceptors (Lipinski definition) is 6. The van der Waals surface area contributed by atoms with E-state index in [1.165, 1.54) is 11.3 Å². The van der Waals surface area contributed by atoms with Gasteiger partial charge in [0, 0.05) is 5.56 Å². The highest BCUT2D eigenvalue weighted by molar-refractivity contribution is 7.22. The van der Waals surface area contributed by atoms with Crippen LogP contribution < -0.4 is 10.1 Å². The van der Waals surface area contributed by atoms with E-state index in [4.69, 9.17) is 4.74 Å². The molecule has 0 aliphatic heterocycles. The summed E-state index contributed by atoms with van der Waals surface area (Å²) >= 11 is 1.36. The molecule has 142 valence electrons. The average molecular weight is 394 g/mol. The zero-order valence-corrected chi connectivity index (χ0v) is 16.3. The number of nitrogens with one attached hydrogen (secondary N) is 2. The molecule has 8 heteroatoms. The Kier molecular flexibility index (Phi) is 4.48. The van der Waals surface area contributed by atoms with Gasteiger partial charge in [-0.15, -0.1) is 0 Å². The molecular weight excluding hydrogens is 376 g/mol. The molecule has 28 heavy (non-hydrogen) atoms. The summed E-state index contributed by atoms with van der Waals surface area (Å²) in [4.78, 5) is 17.0. The molecule has 1 amide bonds. The van der Waals surface area contributed by atoms with Crippen molar-refractivity contribution < 1.29 is 14.6 Å². The predicted molar refractivity (Wildman–Crippen MR) is 109 cm³/mol. The van der Waals surface area contributed by atoms with Gasteiger partial charge in [-0.2, -0.15) is 5.10 Å². The van der Waals surface area contributed by atoms with Crippen molar-refractivity contribution in [3.63, 3.8) is 0 Å². The third-order valence-corrected chi connectivity index (χ3v) is 5.29. The van der Waals surface area contributed by atoms with Gasteiger partial charge in [-0.1, -0.05) is 17.4 Å². The number of aromatic amines is 1. The first kappa shape index (κ1) is 18.0. The van der Waals surface area contributed by atoms with Crippen molar-refractivity contribution >= 4 is 32.6 Å². The van der Waals surface area contributed by atoms with Crippen molar-refractivity contribution in [2.45, 2.75) is 13.8 Å². The average Bonchev–Trinajstić information content (AvgIpc) is 3.30. The number of carbonyl (C=O) groups is 1. The number of ether oxygens (including phenoxy) is 1. The normalized spacial score (nSPS) is 11.0. The molecule has 4 rings (SSSR count). The van der Waals surface area contributed by atoms with Crippen molar-refractivity contribution in [3.05, 3.63) is 53.2 Å². The lowest BCUT2D eigenvalue weighted by Gasteiger charge is -2.06. The van der Waals surface area contributed by atoms with Crippen LogP contribution in [0, 0.1) is 13.8 Å². The number of phenols is 1. The van der Waals surface area contributed by atoms with Gasteiger partial charge in [0.1, 0.15) is 17.2 Å². The van der Waals surface area contributed by atoms with Crippen LogP contribution in [0.4, 0.5) is 5.13 Å². The lowest BCUT2D eigenvalue weighted by molar-refractivity contribution is 0.102. The molecule has 0 fully saturated rings. The van der Waals surface area contributed by atoms with Crippen molar-refractivity contribution in [1.82, 2.24) is 15.2 Å². The number of H-pyrrole nitrogens is 1. The lowest BCUT2D eigenvalue weighted by Crippen LogP contribution is -2.11. The summed E-state index contributed by atoms with van der Waals surface area (Å²) in [6, 6.07) is 10.9. The molecule has 0 unspecified atom stereocenters. The van der Waals surface area contributed by atoms with Crippen LogP contribution in [0.2, 0.25) is 0 Å². The van der Waals surface area contributed by atoms with E-state index < -0.39 is 0 Å². The number of methoxy groups -OCH3 is 1. The second-order valence-electron chi connectivity index (χ2n) is 6.45. The number of fused-ring (bicyclic) bond motifs is 1. The Hall–Kier alpha value is -3.39. The van der Waals surface area contributed by atoms with E-state index in [9.17, 15) is 9.90 Å². The first-order valence-corrected chi connectivity index (χ1v) is 9.38. The predicted octanol–water partition coefficient (Wildman–Crippen LogP) is 4.27. The van der Waals surface area contributed by atoms with E-state index >= 15 is 0 Å². The number of hydrogen-bond donors (Lipinski definition) is 3. The zero-order valence-electron chi connectivity index (χ0n) is 15.5. The monoisotopic (exact) mass is 394 g/mol. The molecule has 0 aliphatic carbocycles. The summed E-state index contributed by atoms with van der Waals surface area (Å²) in [6.07, 6.45) is 0. The van der Waals surface area contributed by atoms with Gasteiger partial charge < -0.3 is 9.84 Å². The molecule has 2 aromatic carbocycles. The smallest absolute Gasteiger partial charge is 0.275 e. The van der Waals surface area contributed by atoms with Gasteiger partial charge in [0.05, 0.1) is 23.0 Å². The van der Waals surface area contributed by atoms with E-state index in [1.54, 1.807) is 13.2 Å². The molecule has 0 spiro atoms. The third-order valence-electron chi connectivity index (χ3n) is 4.36. The SMILES string of the molecule is COc1ccc2nc(NC(=O)c3cc(-c4cc(C)cc(C)c4O)n[nH]3)sc2c1. The van der Waals surface area contributed by atoms with E-state index in [-0.39, 0.29) is 17.4 Å². The van der Waals surface area contributed by atoms with Gasteiger partial charge in [0.15, 0.2) is 5.13 Å². The maximum atomic E-state index is 12.6. The highest BCUT2D eigenvalue weighted by atomic mass is 32.1. The molecule has 4 aromatic rings. The molecule has 2 heterocycles. The number of carbonyl (C=O) groups excluding carboxylic acids is 1. The van der Waals surface area contributed by atoms with Gasteiger partial charge in [-0.3, -0.25) is 15.2 Å². The number of benzene rings is 2. The van der Waals surface area contributed by atoms with Crippen LogP contribution >= 0.6 is 11.3 Å². The first-order valence-electron chi connectivity index (χ1n) is 8.56. The summed E-state index contributed by atoms with van der Waals surface area (Å²) in [5.74, 6) is 0.540. The first-order chi connectivity index (χ1) is 13.4. The Morgan fingerprint density at radius 1 is 1.21 bits per heavy atom. The van der Waals surface area contributed by atoms with Crippen LogP contribution in [0.5, 0.6) is 11.5 Å². The van der Waals surface area contributed by atoms with Gasteiger partial charge in [-0.05, 0) is 55.3 Å². The number of aryl methyl sites for hydroxylation is 2. The number of thiazole rings is 1. The molecule has 0 saturated heterocycles. The minimum absolute atomic E-state index is 0.157. The van der Waals surface area contributed by atoms with Crippen molar-refractivity contribution in [1.29, 1.82) is 0 Å². The maximum absolute atomic E-state index is 12.6. The Morgan fingerprint density at radius 3 is 2.82 bits per heavy atom. The fourth-order valence-corrected chi connectivity index (χ4v) is 3.87. The number of aromatic hydroxyl groups is 1. The largest absolute Gasteiger partial charge is 0.507 e. The molecule has 0 bridgehead atoms. The molecule has 3 N–H and O–H groups in total. The molecule has 0 atom stereocenters. The molecule has 0 saturated carbocycles. The topological polar surface area (TPSA) is 100 Å². The van der Waals surface area contributed by atoms with E-state index in [2.05, 4.69) is 20.5 Å². The molecule has 0 aliphatic rings. The Balaban J connectivity index is 1.58. The summed E-state index contributed by atoms with van der Waals surface area (Å²) < 4.78 is 6.13. The molecule has 2 aromatic heterocycles. The minimum Gasteiger partial charge on any atom is -0.507 e. The Labute approximate surface area is 165 Å². The standard InChI is InChI=1S/C20H18N4O3S/c1-10-6-11(2)18(25)13(7-10)15-9-16(24-23-15)19(26)22-20-21-14-5-4-12(27-3)8-17(14)28-20/h4-9,25H,1-3H3,(H,23,24)(H,21,22,26). The van der Waals surface area contributed by atoms with Gasteiger partial charge >= 0.3 is 0 Å². The second-order valence-corrected chi connectivity index (χ2v) is 7.48. The lowest BCUT2D eigenvalue weighted by atomic mass is 10.0. The van der Waals surface area contributed by atoms with Gasteiger partial charge in [0.2, 0.25) is 0 Å². The highest BCUT2D eigenvalue weighted by Crippen LogP contribution is 2.33.